The van der Waals surface area contributed by atoms with Crippen molar-refractivity contribution in [3.05, 3.63) is 35.4 Å². The summed E-state index contributed by atoms with van der Waals surface area (Å²) in [7, 11) is 0. The lowest BCUT2D eigenvalue weighted by molar-refractivity contribution is 0.181. The van der Waals surface area contributed by atoms with Crippen molar-refractivity contribution < 1.29 is 5.11 Å². The SMILES string of the molecule is CC(C)c1ccc(C2CCC(O)C2)cc1. The fourth-order valence-electron chi connectivity index (χ4n) is 2.41. The van der Waals surface area contributed by atoms with Crippen LogP contribution in [0.3, 0.4) is 0 Å². The Balaban J connectivity index is 2.10. The molecular formula is C14H20O. The maximum absolute atomic E-state index is 9.50. The van der Waals surface area contributed by atoms with Gasteiger partial charge in [0.2, 0.25) is 0 Å². The van der Waals surface area contributed by atoms with Gasteiger partial charge in [-0.05, 0) is 42.2 Å². The lowest BCUT2D eigenvalue weighted by Crippen LogP contribution is -1.99. The van der Waals surface area contributed by atoms with Crippen LogP contribution in [0.5, 0.6) is 0 Å². The number of rotatable bonds is 2. The second-order valence-electron chi connectivity index (χ2n) is 4.99. The van der Waals surface area contributed by atoms with E-state index in [0.29, 0.717) is 11.8 Å². The van der Waals surface area contributed by atoms with E-state index in [1.807, 2.05) is 0 Å². The van der Waals surface area contributed by atoms with Crippen molar-refractivity contribution in [2.24, 2.45) is 0 Å². The Morgan fingerprint density at radius 3 is 2.27 bits per heavy atom. The van der Waals surface area contributed by atoms with Crippen LogP contribution in [0.25, 0.3) is 0 Å². The zero-order chi connectivity index (χ0) is 10.8. The van der Waals surface area contributed by atoms with Crippen LogP contribution in [0, 0.1) is 0 Å². The highest BCUT2D eigenvalue weighted by atomic mass is 16.3. The summed E-state index contributed by atoms with van der Waals surface area (Å²) < 4.78 is 0. The van der Waals surface area contributed by atoms with Crippen LogP contribution < -0.4 is 0 Å². The Labute approximate surface area is 92.1 Å². The zero-order valence-corrected chi connectivity index (χ0v) is 9.61. The molecule has 0 radical (unpaired) electrons. The molecule has 0 heterocycles. The summed E-state index contributed by atoms with van der Waals surface area (Å²) in [5, 5.41) is 9.50. The smallest absolute Gasteiger partial charge is 0.0546 e. The summed E-state index contributed by atoms with van der Waals surface area (Å²) >= 11 is 0. The van der Waals surface area contributed by atoms with E-state index in [1.54, 1.807) is 0 Å². The molecule has 1 fully saturated rings. The van der Waals surface area contributed by atoms with E-state index in [1.165, 1.54) is 11.1 Å². The van der Waals surface area contributed by atoms with E-state index in [2.05, 4.69) is 38.1 Å². The van der Waals surface area contributed by atoms with Crippen LogP contribution in [0.4, 0.5) is 0 Å². The number of hydrogen-bond donors (Lipinski definition) is 1. The molecule has 1 saturated carbocycles. The first kappa shape index (κ1) is 10.7. The molecule has 2 atom stereocenters. The average molecular weight is 204 g/mol. The van der Waals surface area contributed by atoms with Gasteiger partial charge in [-0.1, -0.05) is 38.1 Å². The van der Waals surface area contributed by atoms with Gasteiger partial charge in [0.25, 0.3) is 0 Å². The lowest BCUT2D eigenvalue weighted by atomic mass is 9.94. The predicted molar refractivity (Wildman–Crippen MR) is 63.1 cm³/mol. The highest BCUT2D eigenvalue weighted by Crippen LogP contribution is 2.34. The van der Waals surface area contributed by atoms with Crippen LogP contribution in [0.1, 0.15) is 56.1 Å². The Bertz CT molecular complexity index is 313. The molecule has 82 valence electrons. The third kappa shape index (κ3) is 2.40. The van der Waals surface area contributed by atoms with E-state index < -0.39 is 0 Å². The zero-order valence-electron chi connectivity index (χ0n) is 9.61. The largest absolute Gasteiger partial charge is 0.393 e. The molecule has 1 nitrogen and oxygen atoms in total. The third-order valence-electron chi connectivity index (χ3n) is 3.48. The molecule has 0 spiro atoms. The Morgan fingerprint density at radius 2 is 1.80 bits per heavy atom. The number of aliphatic hydroxyl groups excluding tert-OH is 1. The molecule has 2 rings (SSSR count). The van der Waals surface area contributed by atoms with Crippen LogP contribution in [-0.2, 0) is 0 Å². The second kappa shape index (κ2) is 4.36. The number of benzene rings is 1. The van der Waals surface area contributed by atoms with E-state index in [9.17, 15) is 5.11 Å². The molecule has 0 amide bonds. The van der Waals surface area contributed by atoms with Crippen LogP contribution >= 0.6 is 0 Å². The molecule has 1 aliphatic rings. The topological polar surface area (TPSA) is 20.2 Å². The summed E-state index contributed by atoms with van der Waals surface area (Å²) in [6.45, 7) is 4.43. The van der Waals surface area contributed by atoms with Crippen molar-refractivity contribution in [1.29, 1.82) is 0 Å². The Hall–Kier alpha value is -0.820. The molecule has 0 aromatic heterocycles. The van der Waals surface area contributed by atoms with Gasteiger partial charge in [0.15, 0.2) is 0 Å². The van der Waals surface area contributed by atoms with Gasteiger partial charge in [-0.3, -0.25) is 0 Å². The average Bonchev–Trinajstić information content (AvgIpc) is 2.65. The molecule has 1 N–H and O–H groups in total. The van der Waals surface area contributed by atoms with Crippen molar-refractivity contribution in [3.8, 4) is 0 Å². The molecule has 1 aliphatic carbocycles. The summed E-state index contributed by atoms with van der Waals surface area (Å²) in [5.41, 5.74) is 2.80. The number of aliphatic hydroxyl groups is 1. The summed E-state index contributed by atoms with van der Waals surface area (Å²) in [5.74, 6) is 1.19. The molecule has 1 heteroatoms. The summed E-state index contributed by atoms with van der Waals surface area (Å²) in [4.78, 5) is 0. The van der Waals surface area contributed by atoms with Crippen molar-refractivity contribution in [2.45, 2.75) is 51.0 Å². The monoisotopic (exact) mass is 204 g/mol. The fraction of sp³-hybridized carbons (Fsp3) is 0.571. The first-order valence-electron chi connectivity index (χ1n) is 5.94. The quantitative estimate of drug-likeness (QED) is 0.782. The lowest BCUT2D eigenvalue weighted by Gasteiger charge is -2.11. The van der Waals surface area contributed by atoms with Gasteiger partial charge < -0.3 is 5.11 Å². The first-order chi connectivity index (χ1) is 7.16. The minimum absolute atomic E-state index is 0.0697. The van der Waals surface area contributed by atoms with Crippen LogP contribution in [0.15, 0.2) is 24.3 Å². The first-order valence-corrected chi connectivity index (χ1v) is 5.94. The van der Waals surface area contributed by atoms with Crippen molar-refractivity contribution in [1.82, 2.24) is 0 Å². The molecule has 15 heavy (non-hydrogen) atoms. The van der Waals surface area contributed by atoms with Gasteiger partial charge in [0.05, 0.1) is 6.10 Å². The van der Waals surface area contributed by atoms with Crippen LogP contribution in [0.2, 0.25) is 0 Å². The minimum Gasteiger partial charge on any atom is -0.393 e. The van der Waals surface area contributed by atoms with Gasteiger partial charge in [-0.25, -0.2) is 0 Å². The van der Waals surface area contributed by atoms with Gasteiger partial charge in [0, 0.05) is 0 Å². The Morgan fingerprint density at radius 1 is 1.13 bits per heavy atom. The molecule has 2 unspecified atom stereocenters. The van der Waals surface area contributed by atoms with Gasteiger partial charge >= 0.3 is 0 Å². The Kier molecular flexibility index (Phi) is 3.11. The van der Waals surface area contributed by atoms with Crippen molar-refractivity contribution >= 4 is 0 Å². The van der Waals surface area contributed by atoms with Crippen LogP contribution in [-0.4, -0.2) is 11.2 Å². The van der Waals surface area contributed by atoms with E-state index >= 15 is 0 Å². The third-order valence-corrected chi connectivity index (χ3v) is 3.48. The standard InChI is InChI=1S/C14H20O/c1-10(2)11-3-5-12(6-4-11)13-7-8-14(15)9-13/h3-6,10,13-15H,7-9H2,1-2H3. The van der Waals surface area contributed by atoms with E-state index in [4.69, 9.17) is 0 Å². The van der Waals surface area contributed by atoms with E-state index in [-0.39, 0.29) is 6.10 Å². The molecular weight excluding hydrogens is 184 g/mol. The molecule has 0 saturated heterocycles. The van der Waals surface area contributed by atoms with Crippen molar-refractivity contribution in [2.75, 3.05) is 0 Å². The highest BCUT2D eigenvalue weighted by molar-refractivity contribution is 5.27. The number of hydrogen-bond acceptors (Lipinski definition) is 1. The molecule has 1 aromatic rings. The van der Waals surface area contributed by atoms with Gasteiger partial charge in [-0.15, -0.1) is 0 Å². The maximum Gasteiger partial charge on any atom is 0.0546 e. The van der Waals surface area contributed by atoms with Gasteiger partial charge in [0.1, 0.15) is 0 Å². The molecule has 0 aliphatic heterocycles. The minimum atomic E-state index is -0.0697. The van der Waals surface area contributed by atoms with E-state index in [0.717, 1.165) is 19.3 Å². The maximum atomic E-state index is 9.50. The molecule has 1 aromatic carbocycles. The summed E-state index contributed by atoms with van der Waals surface area (Å²) in [6.07, 6.45) is 2.99. The fourth-order valence-corrected chi connectivity index (χ4v) is 2.41. The molecule has 0 bridgehead atoms. The highest BCUT2D eigenvalue weighted by Gasteiger charge is 2.23. The second-order valence-corrected chi connectivity index (χ2v) is 4.99. The normalized spacial score (nSPS) is 26.1. The summed E-state index contributed by atoms with van der Waals surface area (Å²) in [6, 6.07) is 8.92. The van der Waals surface area contributed by atoms with Gasteiger partial charge in [-0.2, -0.15) is 0 Å². The van der Waals surface area contributed by atoms with Crippen molar-refractivity contribution in [3.63, 3.8) is 0 Å². The predicted octanol–water partition coefficient (Wildman–Crippen LogP) is 3.44.